The molecule has 5 heteroatoms. The van der Waals surface area contributed by atoms with E-state index in [1.165, 1.54) is 12.1 Å². The highest BCUT2D eigenvalue weighted by molar-refractivity contribution is 5.27. The summed E-state index contributed by atoms with van der Waals surface area (Å²) in [5.74, 6) is 0.136. The third-order valence-corrected chi connectivity index (χ3v) is 2.81. The first-order valence-corrected chi connectivity index (χ1v) is 6.36. The Kier molecular flexibility index (Phi) is 7.01. The van der Waals surface area contributed by atoms with Gasteiger partial charge in [-0.05, 0) is 29.3 Å². The molecule has 1 rings (SSSR count). The second kappa shape index (κ2) is 8.53. The van der Waals surface area contributed by atoms with E-state index in [1.54, 1.807) is 18.2 Å². The molecule has 0 aliphatic carbocycles. The molecule has 2 atom stereocenters. The third kappa shape index (κ3) is 5.57. The zero-order valence-corrected chi connectivity index (χ0v) is 11.1. The van der Waals surface area contributed by atoms with Gasteiger partial charge in [-0.25, -0.2) is 0 Å². The van der Waals surface area contributed by atoms with Crippen LogP contribution in [-0.4, -0.2) is 44.9 Å². The average molecular weight is 280 g/mol. The fourth-order valence-corrected chi connectivity index (χ4v) is 1.67. The molecular weight excluding hydrogens is 260 g/mol. The minimum absolute atomic E-state index is 0.136. The summed E-state index contributed by atoms with van der Waals surface area (Å²) in [6, 6.07) is 6.24. The van der Waals surface area contributed by atoms with E-state index in [2.05, 4.69) is 5.73 Å². The van der Waals surface area contributed by atoms with E-state index < -0.39 is 12.2 Å². The number of aromatic hydroxyl groups is 1. The molecular formula is C15H20O5. The largest absolute Gasteiger partial charge is 0.508 e. The van der Waals surface area contributed by atoms with E-state index in [9.17, 15) is 10.2 Å². The molecule has 0 saturated heterocycles. The molecule has 1 aromatic rings. The Morgan fingerprint density at radius 3 is 2.35 bits per heavy atom. The van der Waals surface area contributed by atoms with Crippen molar-refractivity contribution in [2.45, 2.75) is 25.0 Å². The Labute approximate surface area is 117 Å². The normalized spacial score (nSPS) is 13.4. The first kappa shape index (κ1) is 16.4. The van der Waals surface area contributed by atoms with Crippen LogP contribution in [0.1, 0.15) is 24.5 Å². The van der Waals surface area contributed by atoms with E-state index in [0.29, 0.717) is 17.6 Å². The fourth-order valence-electron chi connectivity index (χ4n) is 1.67. The molecule has 0 unspecified atom stereocenters. The summed E-state index contributed by atoms with van der Waals surface area (Å²) in [5.41, 5.74) is 3.94. The summed E-state index contributed by atoms with van der Waals surface area (Å²) >= 11 is 0. The molecule has 110 valence electrons. The van der Waals surface area contributed by atoms with Gasteiger partial charge in [0.25, 0.3) is 0 Å². The van der Waals surface area contributed by atoms with Crippen molar-refractivity contribution in [2.75, 3.05) is 13.2 Å². The maximum Gasteiger partial charge on any atom is 0.115 e. The van der Waals surface area contributed by atoms with E-state index in [-0.39, 0.29) is 25.4 Å². The van der Waals surface area contributed by atoms with Crippen molar-refractivity contribution in [1.29, 1.82) is 0 Å². The van der Waals surface area contributed by atoms with E-state index >= 15 is 0 Å². The van der Waals surface area contributed by atoms with Crippen LogP contribution in [0.5, 0.6) is 5.75 Å². The van der Waals surface area contributed by atoms with Crippen LogP contribution < -0.4 is 0 Å². The first-order valence-electron chi connectivity index (χ1n) is 6.36. The van der Waals surface area contributed by atoms with Gasteiger partial charge in [0.2, 0.25) is 0 Å². The quantitative estimate of drug-likeness (QED) is 0.472. The van der Waals surface area contributed by atoms with Gasteiger partial charge in [0, 0.05) is 12.8 Å². The summed E-state index contributed by atoms with van der Waals surface area (Å²) in [7, 11) is 0. The summed E-state index contributed by atoms with van der Waals surface area (Å²) in [6.45, 7) is -0.635. The number of rotatable bonds is 7. The molecule has 1 aromatic carbocycles. The fraction of sp³-hybridized carbons (Fsp3) is 0.400. The molecule has 0 radical (unpaired) electrons. The van der Waals surface area contributed by atoms with Crippen molar-refractivity contribution in [2.24, 2.45) is 0 Å². The maximum absolute atomic E-state index is 9.91. The van der Waals surface area contributed by atoms with Crippen LogP contribution in [0.25, 0.3) is 0 Å². The van der Waals surface area contributed by atoms with Crippen molar-refractivity contribution in [1.82, 2.24) is 0 Å². The van der Waals surface area contributed by atoms with Gasteiger partial charge in [0.05, 0.1) is 25.4 Å². The Hall–Kier alpha value is -1.62. The Morgan fingerprint density at radius 1 is 1.15 bits per heavy atom. The standard InChI is InChI=1S/C15H20O5/c16-9-11(8-14(19)10-17)2-1-3-15(20)12-4-6-13(18)7-5-12/h1,4-7,14-20H,3,8-10H2/t2?,14-,15-/m1/s1. The summed E-state index contributed by atoms with van der Waals surface area (Å²) in [5, 5.41) is 46.1. The number of phenols is 1. The van der Waals surface area contributed by atoms with Crippen LogP contribution in [0, 0.1) is 0 Å². The van der Waals surface area contributed by atoms with Crippen molar-refractivity contribution < 1.29 is 25.5 Å². The molecule has 0 heterocycles. The smallest absolute Gasteiger partial charge is 0.115 e. The molecule has 0 amide bonds. The van der Waals surface area contributed by atoms with Crippen molar-refractivity contribution in [3.8, 4) is 5.75 Å². The number of hydrogen-bond acceptors (Lipinski definition) is 5. The van der Waals surface area contributed by atoms with Crippen molar-refractivity contribution in [3.63, 3.8) is 0 Å². The second-order valence-corrected chi connectivity index (χ2v) is 4.49. The zero-order valence-electron chi connectivity index (χ0n) is 11.1. The summed E-state index contributed by atoms with van der Waals surface area (Å²) in [4.78, 5) is 0. The van der Waals surface area contributed by atoms with Gasteiger partial charge in [-0.15, -0.1) is 5.73 Å². The van der Waals surface area contributed by atoms with Gasteiger partial charge in [-0.3, -0.25) is 0 Å². The minimum Gasteiger partial charge on any atom is -0.508 e. The Bertz CT molecular complexity index is 460. The Balaban J connectivity index is 2.63. The minimum atomic E-state index is -0.917. The van der Waals surface area contributed by atoms with E-state index in [1.807, 2.05) is 0 Å². The maximum atomic E-state index is 9.91. The molecule has 0 bridgehead atoms. The predicted molar refractivity (Wildman–Crippen MR) is 74.1 cm³/mol. The van der Waals surface area contributed by atoms with Crippen LogP contribution >= 0.6 is 0 Å². The number of aliphatic hydroxyl groups excluding tert-OH is 4. The van der Waals surface area contributed by atoms with Crippen molar-refractivity contribution in [3.05, 3.63) is 47.2 Å². The highest BCUT2D eigenvalue weighted by atomic mass is 16.3. The molecule has 5 N–H and O–H groups in total. The molecule has 0 fully saturated rings. The van der Waals surface area contributed by atoms with Crippen molar-refractivity contribution >= 4 is 0 Å². The highest BCUT2D eigenvalue weighted by Gasteiger charge is 2.06. The molecule has 0 saturated carbocycles. The lowest BCUT2D eigenvalue weighted by Crippen LogP contribution is -2.13. The summed E-state index contributed by atoms with van der Waals surface area (Å²) < 4.78 is 0. The monoisotopic (exact) mass is 280 g/mol. The molecule has 0 aliphatic heterocycles. The van der Waals surface area contributed by atoms with Crippen LogP contribution in [0.4, 0.5) is 0 Å². The Morgan fingerprint density at radius 2 is 1.80 bits per heavy atom. The molecule has 0 aliphatic rings. The van der Waals surface area contributed by atoms with Crippen LogP contribution in [0.15, 0.2) is 41.6 Å². The van der Waals surface area contributed by atoms with E-state index in [4.69, 9.17) is 15.3 Å². The van der Waals surface area contributed by atoms with Gasteiger partial charge in [0.15, 0.2) is 0 Å². The van der Waals surface area contributed by atoms with E-state index in [0.717, 1.165) is 0 Å². The van der Waals surface area contributed by atoms with Crippen LogP contribution in [0.2, 0.25) is 0 Å². The average Bonchev–Trinajstić information content (AvgIpc) is 2.46. The van der Waals surface area contributed by atoms with Crippen LogP contribution in [0.3, 0.4) is 0 Å². The molecule has 0 spiro atoms. The molecule has 20 heavy (non-hydrogen) atoms. The lowest BCUT2D eigenvalue weighted by atomic mass is 10.1. The molecule has 0 aromatic heterocycles. The van der Waals surface area contributed by atoms with Crippen LogP contribution in [-0.2, 0) is 0 Å². The zero-order chi connectivity index (χ0) is 15.0. The number of phenolic OH excluding ortho intramolecular Hbond substituents is 1. The van der Waals surface area contributed by atoms with Gasteiger partial charge in [-0.2, -0.15) is 0 Å². The number of aliphatic hydroxyl groups is 4. The topological polar surface area (TPSA) is 101 Å². The van der Waals surface area contributed by atoms with Gasteiger partial charge in [-0.1, -0.05) is 12.1 Å². The molecule has 5 nitrogen and oxygen atoms in total. The summed E-state index contributed by atoms with van der Waals surface area (Å²) in [6.07, 6.45) is 0.362. The number of benzene rings is 1. The SMILES string of the molecule is OCC(=C=CC[C@@H](O)c1ccc(O)cc1)C[C@@H](O)CO. The van der Waals surface area contributed by atoms with Gasteiger partial charge >= 0.3 is 0 Å². The lowest BCUT2D eigenvalue weighted by Gasteiger charge is -2.08. The second-order valence-electron chi connectivity index (χ2n) is 4.49. The third-order valence-electron chi connectivity index (χ3n) is 2.81. The predicted octanol–water partition coefficient (Wildman–Crippen LogP) is 0.633. The number of hydrogen-bond donors (Lipinski definition) is 5. The van der Waals surface area contributed by atoms with Gasteiger partial charge in [0.1, 0.15) is 5.75 Å². The highest BCUT2D eigenvalue weighted by Crippen LogP contribution is 2.19. The first-order chi connectivity index (χ1) is 9.56. The van der Waals surface area contributed by atoms with Gasteiger partial charge < -0.3 is 25.5 Å². The lowest BCUT2D eigenvalue weighted by molar-refractivity contribution is 0.0930.